The zero-order valence-electron chi connectivity index (χ0n) is 18.9. The first-order valence-corrected chi connectivity index (χ1v) is 12.1. The number of halogens is 4. The van der Waals surface area contributed by atoms with E-state index < -0.39 is 22.9 Å². The number of rotatable bonds is 6. The van der Waals surface area contributed by atoms with E-state index in [1.54, 1.807) is 36.5 Å². The Kier molecular flexibility index (Phi) is 7.65. The van der Waals surface area contributed by atoms with Crippen molar-refractivity contribution in [3.05, 3.63) is 88.7 Å². The van der Waals surface area contributed by atoms with E-state index in [1.165, 1.54) is 4.90 Å². The fourth-order valence-corrected chi connectivity index (χ4v) is 4.73. The Morgan fingerprint density at radius 1 is 1.17 bits per heavy atom. The van der Waals surface area contributed by atoms with Crippen molar-refractivity contribution in [3.8, 4) is 0 Å². The number of anilines is 1. The van der Waals surface area contributed by atoms with Crippen molar-refractivity contribution in [2.75, 3.05) is 5.32 Å². The summed E-state index contributed by atoms with van der Waals surface area (Å²) < 4.78 is 39.7. The van der Waals surface area contributed by atoms with E-state index in [2.05, 4.69) is 15.3 Å². The van der Waals surface area contributed by atoms with Crippen LogP contribution in [0.2, 0.25) is 5.02 Å². The minimum Gasteiger partial charge on any atom is -0.326 e. The Bertz CT molecular complexity index is 1300. The summed E-state index contributed by atoms with van der Waals surface area (Å²) in [4.78, 5) is 35.7. The van der Waals surface area contributed by atoms with Gasteiger partial charge in [0.25, 0.3) is 0 Å². The molecule has 36 heavy (non-hydrogen) atoms. The molecule has 3 aromatic rings. The predicted octanol–water partition coefficient (Wildman–Crippen LogP) is 6.22. The maximum atomic E-state index is 13.3. The molecule has 1 atom stereocenters. The first kappa shape index (κ1) is 25.7. The third-order valence-corrected chi connectivity index (χ3v) is 6.76. The SMILES string of the molecule is Cc1ccc(NC(=O)C[C@H]2SC(=Nc3cc(C(F)(F)F)ccc3Cl)N(Cc3ccccn3)C2=O)cc1. The van der Waals surface area contributed by atoms with Gasteiger partial charge in [0.2, 0.25) is 11.8 Å². The van der Waals surface area contributed by atoms with Gasteiger partial charge in [0.1, 0.15) is 5.25 Å². The summed E-state index contributed by atoms with van der Waals surface area (Å²) in [7, 11) is 0. The number of amides is 2. The smallest absolute Gasteiger partial charge is 0.326 e. The second kappa shape index (κ2) is 10.7. The van der Waals surface area contributed by atoms with Crippen LogP contribution in [0.25, 0.3) is 0 Å². The Morgan fingerprint density at radius 3 is 2.58 bits per heavy atom. The molecule has 2 aromatic carbocycles. The van der Waals surface area contributed by atoms with Crippen molar-refractivity contribution in [2.24, 2.45) is 4.99 Å². The Labute approximate surface area is 214 Å². The third kappa shape index (κ3) is 6.24. The summed E-state index contributed by atoms with van der Waals surface area (Å²) >= 11 is 7.13. The highest BCUT2D eigenvalue weighted by molar-refractivity contribution is 8.15. The van der Waals surface area contributed by atoms with E-state index >= 15 is 0 Å². The molecule has 4 rings (SSSR count). The Morgan fingerprint density at radius 2 is 1.92 bits per heavy atom. The van der Waals surface area contributed by atoms with Crippen molar-refractivity contribution in [3.63, 3.8) is 0 Å². The molecule has 11 heteroatoms. The van der Waals surface area contributed by atoms with Crippen LogP contribution in [0.5, 0.6) is 0 Å². The number of hydrogen-bond acceptors (Lipinski definition) is 5. The molecule has 186 valence electrons. The number of aryl methyl sites for hydroxylation is 1. The molecule has 1 aliphatic rings. The van der Waals surface area contributed by atoms with Gasteiger partial charge in [-0.1, -0.05) is 47.1 Å². The fourth-order valence-electron chi connectivity index (χ4n) is 3.42. The molecule has 2 heterocycles. The molecule has 1 aliphatic heterocycles. The molecule has 1 fully saturated rings. The van der Waals surface area contributed by atoms with Crippen LogP contribution in [-0.2, 0) is 22.3 Å². The number of thioether (sulfide) groups is 1. The number of alkyl halides is 3. The summed E-state index contributed by atoms with van der Waals surface area (Å²) in [5.74, 6) is -0.771. The summed E-state index contributed by atoms with van der Waals surface area (Å²) in [6.45, 7) is 1.96. The zero-order valence-corrected chi connectivity index (χ0v) is 20.5. The van der Waals surface area contributed by atoms with Crippen LogP contribution < -0.4 is 5.32 Å². The van der Waals surface area contributed by atoms with Crippen molar-refractivity contribution < 1.29 is 22.8 Å². The van der Waals surface area contributed by atoms with E-state index in [0.717, 1.165) is 35.5 Å². The number of nitrogens with zero attached hydrogens (tertiary/aromatic N) is 3. The van der Waals surface area contributed by atoms with Crippen LogP contribution in [0.4, 0.5) is 24.5 Å². The van der Waals surface area contributed by atoms with Crippen LogP contribution in [0.15, 0.2) is 71.9 Å². The number of nitrogens with one attached hydrogen (secondary N) is 1. The predicted molar refractivity (Wildman–Crippen MR) is 134 cm³/mol. The number of hydrogen-bond donors (Lipinski definition) is 1. The molecule has 0 spiro atoms. The van der Waals surface area contributed by atoms with Gasteiger partial charge >= 0.3 is 6.18 Å². The lowest BCUT2D eigenvalue weighted by Crippen LogP contribution is -2.33. The fraction of sp³-hybridized carbons (Fsp3) is 0.200. The minimum absolute atomic E-state index is 0.00176. The number of aromatic nitrogens is 1. The first-order chi connectivity index (χ1) is 17.1. The average molecular weight is 533 g/mol. The second-order valence-corrected chi connectivity index (χ2v) is 9.61. The van der Waals surface area contributed by atoms with Crippen LogP contribution in [0, 0.1) is 6.92 Å². The Hall–Kier alpha value is -3.37. The van der Waals surface area contributed by atoms with Crippen molar-refractivity contribution in [1.82, 2.24) is 9.88 Å². The first-order valence-electron chi connectivity index (χ1n) is 10.8. The average Bonchev–Trinajstić information content (AvgIpc) is 3.10. The number of pyridine rings is 1. The zero-order chi connectivity index (χ0) is 25.9. The van der Waals surface area contributed by atoms with Gasteiger partial charge in [-0.3, -0.25) is 19.5 Å². The van der Waals surface area contributed by atoms with Gasteiger partial charge in [0.05, 0.1) is 28.5 Å². The highest BCUT2D eigenvalue weighted by Crippen LogP contribution is 2.38. The van der Waals surface area contributed by atoms with Gasteiger partial charge in [-0.25, -0.2) is 4.99 Å². The monoisotopic (exact) mass is 532 g/mol. The number of carbonyl (C=O) groups excluding carboxylic acids is 2. The van der Waals surface area contributed by atoms with Gasteiger partial charge in [-0.15, -0.1) is 0 Å². The van der Waals surface area contributed by atoms with Crippen LogP contribution >= 0.6 is 23.4 Å². The largest absolute Gasteiger partial charge is 0.416 e. The number of benzene rings is 2. The van der Waals surface area contributed by atoms with Gasteiger partial charge in [0.15, 0.2) is 5.17 Å². The van der Waals surface area contributed by atoms with E-state index in [4.69, 9.17) is 11.6 Å². The molecule has 0 aliphatic carbocycles. The number of amidine groups is 1. The number of carbonyl (C=O) groups is 2. The van der Waals surface area contributed by atoms with Crippen LogP contribution in [-0.4, -0.2) is 32.1 Å². The summed E-state index contributed by atoms with van der Waals surface area (Å²) in [5, 5.41) is 2.08. The Balaban J connectivity index is 1.61. The quantitative estimate of drug-likeness (QED) is 0.409. The topological polar surface area (TPSA) is 74.7 Å². The summed E-state index contributed by atoms with van der Waals surface area (Å²) in [6.07, 6.45) is -3.16. The maximum absolute atomic E-state index is 13.3. The van der Waals surface area contributed by atoms with E-state index in [1.807, 2.05) is 19.1 Å². The molecule has 0 radical (unpaired) electrons. The molecular weight excluding hydrogens is 513 g/mol. The van der Waals surface area contributed by atoms with Crippen molar-refractivity contribution in [2.45, 2.75) is 31.3 Å². The van der Waals surface area contributed by atoms with Gasteiger partial charge in [-0.05, 0) is 49.4 Å². The van der Waals surface area contributed by atoms with E-state index in [9.17, 15) is 22.8 Å². The molecule has 0 bridgehead atoms. The van der Waals surface area contributed by atoms with Crippen molar-refractivity contribution >= 4 is 51.7 Å². The summed E-state index contributed by atoms with van der Waals surface area (Å²) in [6, 6.07) is 15.2. The molecule has 0 unspecified atom stereocenters. The molecule has 2 amide bonds. The standard InChI is InChI=1S/C25H20ClF3N4O2S/c1-15-5-8-17(9-6-15)31-22(34)13-21-23(35)33(14-18-4-2-3-11-30-18)24(36-21)32-20-12-16(25(27,28)29)7-10-19(20)26/h2-12,21H,13-14H2,1H3,(H,31,34)/t21-/m1/s1. The normalized spacial score (nSPS) is 17.0. The van der Waals surface area contributed by atoms with Gasteiger partial charge < -0.3 is 5.32 Å². The lowest BCUT2D eigenvalue weighted by atomic mass is 10.2. The third-order valence-electron chi connectivity index (χ3n) is 5.26. The minimum atomic E-state index is -4.58. The van der Waals surface area contributed by atoms with Crippen LogP contribution in [0.1, 0.15) is 23.2 Å². The molecule has 1 aromatic heterocycles. The van der Waals surface area contributed by atoms with Crippen LogP contribution in [0.3, 0.4) is 0 Å². The molecule has 0 saturated carbocycles. The van der Waals surface area contributed by atoms with Gasteiger partial charge in [-0.2, -0.15) is 13.2 Å². The van der Waals surface area contributed by atoms with Gasteiger partial charge in [0, 0.05) is 18.3 Å². The lowest BCUT2D eigenvalue weighted by Gasteiger charge is -2.16. The van der Waals surface area contributed by atoms with Crippen molar-refractivity contribution in [1.29, 1.82) is 0 Å². The highest BCUT2D eigenvalue weighted by atomic mass is 35.5. The molecular formula is C25H20ClF3N4O2S. The lowest BCUT2D eigenvalue weighted by molar-refractivity contribution is -0.137. The molecule has 1 saturated heterocycles. The van der Waals surface area contributed by atoms with E-state index in [0.29, 0.717) is 11.4 Å². The number of aliphatic imine (C=N–C) groups is 1. The second-order valence-electron chi connectivity index (χ2n) is 8.03. The molecule has 6 nitrogen and oxygen atoms in total. The highest BCUT2D eigenvalue weighted by Gasteiger charge is 2.40. The summed E-state index contributed by atoms with van der Waals surface area (Å²) in [5.41, 5.74) is 1.15. The van der Waals surface area contributed by atoms with E-state index in [-0.39, 0.29) is 34.8 Å². The maximum Gasteiger partial charge on any atom is 0.416 e. The molecule has 1 N–H and O–H groups in total.